The lowest BCUT2D eigenvalue weighted by molar-refractivity contribution is -0.391. The van der Waals surface area contributed by atoms with Gasteiger partial charge in [-0.25, -0.2) is 14.7 Å². The maximum atomic E-state index is 11.0. The summed E-state index contributed by atoms with van der Waals surface area (Å²) in [6, 6.07) is 0. The molecule has 1 amide bonds. The Balaban J connectivity index is 2.31. The predicted octanol–water partition coefficient (Wildman–Crippen LogP) is 0.146. The number of hydrazine groups is 2. The van der Waals surface area contributed by atoms with Crippen LogP contribution in [0.4, 0.5) is 5.82 Å². The highest BCUT2D eigenvalue weighted by molar-refractivity contribution is 8.00. The van der Waals surface area contributed by atoms with E-state index in [1.165, 1.54) is 41.8 Å². The van der Waals surface area contributed by atoms with Crippen LogP contribution < -0.4 is 10.3 Å². The molecular weight excluding hydrogens is 260 g/mol. The Kier molecular flexibility index (Phi) is 3.21. The molecule has 18 heavy (non-hydrogen) atoms. The summed E-state index contributed by atoms with van der Waals surface area (Å²) in [5.74, 6) is -0.00173. The van der Waals surface area contributed by atoms with E-state index in [1.807, 2.05) is 0 Å². The number of carbonyl (C=O) groups is 1. The van der Waals surface area contributed by atoms with E-state index >= 15 is 0 Å². The lowest BCUT2D eigenvalue weighted by atomic mass is 10.4. The first-order valence-electron chi connectivity index (χ1n) is 4.86. The number of nitrogens with zero attached hydrogens (tertiary/aromatic N) is 4. The molecule has 2 N–H and O–H groups in total. The molecule has 0 aromatic carbocycles. The molecule has 0 saturated carbocycles. The van der Waals surface area contributed by atoms with Crippen molar-refractivity contribution in [3.05, 3.63) is 27.5 Å². The van der Waals surface area contributed by atoms with Gasteiger partial charge in [-0.15, -0.1) is 0 Å². The summed E-state index contributed by atoms with van der Waals surface area (Å²) in [4.78, 5) is 28.0. The molecule has 1 aromatic rings. The van der Waals surface area contributed by atoms with E-state index in [0.717, 1.165) is 0 Å². The molecule has 0 unspecified atom stereocenters. The third-order valence-electron chi connectivity index (χ3n) is 2.20. The maximum Gasteiger partial charge on any atom is 0.342 e. The highest BCUT2D eigenvalue weighted by Gasteiger charge is 2.27. The van der Waals surface area contributed by atoms with E-state index in [0.29, 0.717) is 11.5 Å². The van der Waals surface area contributed by atoms with Gasteiger partial charge in [-0.1, -0.05) is 0 Å². The molecule has 1 aromatic heterocycles. The standard InChI is InChI=1S/C8H10N6O3S/c1-5(15)10-13-6(4-18-11-13)8-9-3-7(12(8)2)14(16)17/h3-4,11H,1-2H3,(H,10,15). The maximum absolute atomic E-state index is 11.0. The Morgan fingerprint density at radius 3 is 2.94 bits per heavy atom. The van der Waals surface area contributed by atoms with E-state index in [9.17, 15) is 14.9 Å². The highest BCUT2D eigenvalue weighted by atomic mass is 32.2. The number of carbonyl (C=O) groups excluding carboxylic acids is 1. The molecule has 1 aliphatic rings. The first-order chi connectivity index (χ1) is 8.50. The van der Waals surface area contributed by atoms with Crippen molar-refractivity contribution in [2.45, 2.75) is 6.92 Å². The molecule has 0 saturated heterocycles. The Hall–Kier alpha value is -2.07. The minimum atomic E-state index is -0.519. The van der Waals surface area contributed by atoms with Crippen molar-refractivity contribution in [3.8, 4) is 0 Å². The topological polar surface area (TPSA) is 105 Å². The van der Waals surface area contributed by atoms with Gasteiger partial charge in [-0.2, -0.15) is 4.83 Å². The molecule has 10 heteroatoms. The van der Waals surface area contributed by atoms with Gasteiger partial charge in [0.25, 0.3) is 0 Å². The molecule has 0 bridgehead atoms. The third-order valence-corrected chi connectivity index (χ3v) is 2.83. The van der Waals surface area contributed by atoms with E-state index in [4.69, 9.17) is 0 Å². The zero-order valence-electron chi connectivity index (χ0n) is 9.58. The molecule has 2 rings (SSSR count). The van der Waals surface area contributed by atoms with Crippen molar-refractivity contribution in [3.63, 3.8) is 0 Å². The number of rotatable bonds is 3. The van der Waals surface area contributed by atoms with Crippen LogP contribution in [0.3, 0.4) is 0 Å². The molecule has 0 radical (unpaired) electrons. The van der Waals surface area contributed by atoms with Crippen molar-refractivity contribution < 1.29 is 9.72 Å². The van der Waals surface area contributed by atoms with Gasteiger partial charge in [0, 0.05) is 12.3 Å². The minimum absolute atomic E-state index is 0.120. The fraction of sp³-hybridized carbons (Fsp3) is 0.250. The summed E-state index contributed by atoms with van der Waals surface area (Å²) in [5.41, 5.74) is 3.06. The van der Waals surface area contributed by atoms with Crippen LogP contribution in [0.15, 0.2) is 11.6 Å². The van der Waals surface area contributed by atoms with Crippen molar-refractivity contribution in [1.82, 2.24) is 24.9 Å². The first kappa shape index (κ1) is 12.4. The summed E-state index contributed by atoms with van der Waals surface area (Å²) in [6.07, 6.45) is 1.17. The van der Waals surface area contributed by atoms with Crippen LogP contribution in [0.1, 0.15) is 12.7 Å². The average Bonchev–Trinajstić information content (AvgIpc) is 2.83. The van der Waals surface area contributed by atoms with Gasteiger partial charge in [-0.05, 0) is 16.9 Å². The molecular formula is C8H10N6O3S. The summed E-state index contributed by atoms with van der Waals surface area (Å²) >= 11 is 1.23. The van der Waals surface area contributed by atoms with E-state index in [-0.39, 0.29) is 11.7 Å². The predicted molar refractivity (Wildman–Crippen MR) is 64.2 cm³/mol. The highest BCUT2D eigenvalue weighted by Crippen LogP contribution is 2.26. The van der Waals surface area contributed by atoms with Gasteiger partial charge in [-0.3, -0.25) is 10.2 Å². The number of nitrogens with one attached hydrogen (secondary N) is 2. The van der Waals surface area contributed by atoms with Gasteiger partial charge in [0.1, 0.15) is 6.20 Å². The summed E-state index contributed by atoms with van der Waals surface area (Å²) in [6.45, 7) is 1.36. The van der Waals surface area contributed by atoms with Gasteiger partial charge in [0.2, 0.25) is 11.7 Å². The van der Waals surface area contributed by atoms with Gasteiger partial charge in [0.15, 0.2) is 5.70 Å². The van der Waals surface area contributed by atoms with Crippen LogP contribution in [-0.4, -0.2) is 25.5 Å². The van der Waals surface area contributed by atoms with Crippen molar-refractivity contribution in [2.75, 3.05) is 0 Å². The Morgan fingerprint density at radius 1 is 1.67 bits per heavy atom. The lowest BCUT2D eigenvalue weighted by Crippen LogP contribution is -2.43. The molecule has 0 fully saturated rings. The second kappa shape index (κ2) is 4.66. The van der Waals surface area contributed by atoms with Crippen LogP contribution in [0.2, 0.25) is 0 Å². The van der Waals surface area contributed by atoms with Crippen LogP contribution in [0.25, 0.3) is 5.70 Å². The smallest absolute Gasteiger partial charge is 0.342 e. The number of imidazole rings is 1. The quantitative estimate of drug-likeness (QED) is 0.457. The van der Waals surface area contributed by atoms with Crippen LogP contribution in [0.5, 0.6) is 0 Å². The Bertz CT molecular complexity index is 539. The SMILES string of the molecule is CC(=O)NN1NSC=C1c1ncc([N+](=O)[O-])n1C. The second-order valence-electron chi connectivity index (χ2n) is 3.47. The fourth-order valence-corrected chi connectivity index (χ4v) is 2.06. The normalized spacial score (nSPS) is 14.6. The Morgan fingerprint density at radius 2 is 2.39 bits per heavy atom. The van der Waals surface area contributed by atoms with Gasteiger partial charge in [0.05, 0.1) is 7.05 Å². The summed E-state index contributed by atoms with van der Waals surface area (Å²) < 4.78 is 1.34. The molecule has 2 heterocycles. The number of hydrogen-bond acceptors (Lipinski definition) is 7. The second-order valence-corrected chi connectivity index (χ2v) is 4.13. The van der Waals surface area contributed by atoms with Crippen molar-refractivity contribution >= 4 is 29.4 Å². The number of hydrogen-bond donors (Lipinski definition) is 2. The number of amides is 1. The molecule has 0 spiro atoms. The summed E-state index contributed by atoms with van der Waals surface area (Å²) in [7, 11) is 1.54. The van der Waals surface area contributed by atoms with Crippen molar-refractivity contribution in [1.29, 1.82) is 0 Å². The monoisotopic (exact) mass is 270 g/mol. The average molecular weight is 270 g/mol. The van der Waals surface area contributed by atoms with E-state index in [2.05, 4.69) is 15.2 Å². The number of aromatic nitrogens is 2. The van der Waals surface area contributed by atoms with Crippen LogP contribution in [0, 0.1) is 10.1 Å². The minimum Gasteiger partial charge on any atom is -0.358 e. The van der Waals surface area contributed by atoms with Gasteiger partial charge >= 0.3 is 5.82 Å². The lowest BCUT2D eigenvalue weighted by Gasteiger charge is -2.19. The molecule has 1 aliphatic heterocycles. The van der Waals surface area contributed by atoms with Crippen LogP contribution in [-0.2, 0) is 11.8 Å². The van der Waals surface area contributed by atoms with E-state index in [1.54, 1.807) is 5.41 Å². The third kappa shape index (κ3) is 2.15. The summed E-state index contributed by atoms with van der Waals surface area (Å²) in [5, 5.41) is 13.8. The zero-order valence-corrected chi connectivity index (χ0v) is 10.4. The largest absolute Gasteiger partial charge is 0.358 e. The number of nitro groups is 1. The van der Waals surface area contributed by atoms with E-state index < -0.39 is 4.92 Å². The molecule has 9 nitrogen and oxygen atoms in total. The molecule has 96 valence electrons. The van der Waals surface area contributed by atoms with Crippen LogP contribution >= 0.6 is 11.9 Å². The van der Waals surface area contributed by atoms with Crippen molar-refractivity contribution in [2.24, 2.45) is 7.05 Å². The molecule has 0 aliphatic carbocycles. The molecule has 0 atom stereocenters. The fourth-order valence-electron chi connectivity index (χ4n) is 1.44. The first-order valence-corrected chi connectivity index (χ1v) is 5.74. The Labute approximate surface area is 106 Å². The van der Waals surface area contributed by atoms with Gasteiger partial charge < -0.3 is 10.1 Å². The zero-order chi connectivity index (χ0) is 13.3.